The predicted molar refractivity (Wildman–Crippen MR) is 95.4 cm³/mol. The first-order chi connectivity index (χ1) is 11.5. The molecule has 2 N–H and O–H groups in total. The van der Waals surface area contributed by atoms with Crippen molar-refractivity contribution in [3.8, 4) is 0 Å². The summed E-state index contributed by atoms with van der Waals surface area (Å²) in [6.45, 7) is 1.99. The first kappa shape index (κ1) is 16.0. The van der Waals surface area contributed by atoms with Gasteiger partial charge in [0.2, 0.25) is 0 Å². The second-order valence-corrected chi connectivity index (χ2v) is 6.24. The Morgan fingerprint density at radius 2 is 1.88 bits per heavy atom. The third kappa shape index (κ3) is 3.55. The molecule has 1 aliphatic heterocycles. The zero-order valence-electron chi connectivity index (χ0n) is 12.8. The van der Waals surface area contributed by atoms with Gasteiger partial charge in [-0.05, 0) is 48.5 Å². The Balaban J connectivity index is 1.88. The highest BCUT2D eigenvalue weighted by molar-refractivity contribution is 8.18. The molecule has 1 aliphatic rings. The summed E-state index contributed by atoms with van der Waals surface area (Å²) >= 11 is 1.19. The van der Waals surface area contributed by atoms with E-state index in [2.05, 4.69) is 10.3 Å². The van der Waals surface area contributed by atoms with Crippen molar-refractivity contribution < 1.29 is 14.7 Å². The van der Waals surface area contributed by atoms with Crippen LogP contribution in [0, 0.1) is 6.92 Å². The number of carboxylic acids is 1. The largest absolute Gasteiger partial charge is 0.478 e. The van der Waals surface area contributed by atoms with E-state index < -0.39 is 5.97 Å². The van der Waals surface area contributed by atoms with E-state index in [9.17, 15) is 14.7 Å². The number of carbonyl (C=O) groups is 2. The van der Waals surface area contributed by atoms with E-state index in [-0.39, 0.29) is 11.5 Å². The number of thioether (sulfide) groups is 1. The molecule has 1 saturated heterocycles. The molecule has 0 spiro atoms. The van der Waals surface area contributed by atoms with Crippen LogP contribution < -0.4 is 5.32 Å². The van der Waals surface area contributed by atoms with E-state index in [1.54, 1.807) is 24.3 Å². The van der Waals surface area contributed by atoms with Crippen LogP contribution in [0.15, 0.2) is 58.4 Å². The molecule has 3 rings (SSSR count). The van der Waals surface area contributed by atoms with Crippen molar-refractivity contribution >= 4 is 40.6 Å². The van der Waals surface area contributed by atoms with Crippen LogP contribution in [-0.2, 0) is 4.79 Å². The fourth-order valence-corrected chi connectivity index (χ4v) is 3.01. The second kappa shape index (κ2) is 6.72. The molecule has 1 heterocycles. The predicted octanol–water partition coefficient (Wildman–Crippen LogP) is 3.58. The maximum atomic E-state index is 12.1. The smallest absolute Gasteiger partial charge is 0.336 e. The van der Waals surface area contributed by atoms with Gasteiger partial charge in [0.1, 0.15) is 0 Å². The summed E-state index contributed by atoms with van der Waals surface area (Å²) in [6.07, 6.45) is 1.57. The average Bonchev–Trinajstić information content (AvgIpc) is 2.89. The standard InChI is InChI=1S/C18H14N2O3S/c1-11-6-8-13(9-7-11)19-18-20-16(21)15(24-18)10-12-4-2-3-5-14(12)17(22)23/h2-10H,1H3,(H,22,23)(H,19,20,21)/b15-10+. The van der Waals surface area contributed by atoms with E-state index in [0.717, 1.165) is 11.3 Å². The molecule has 0 unspecified atom stereocenters. The van der Waals surface area contributed by atoms with E-state index in [1.165, 1.54) is 17.8 Å². The van der Waals surface area contributed by atoms with Crippen molar-refractivity contribution in [3.05, 3.63) is 70.1 Å². The minimum atomic E-state index is -1.03. The lowest BCUT2D eigenvalue weighted by Crippen LogP contribution is -2.19. The van der Waals surface area contributed by atoms with Crippen LogP contribution in [0.5, 0.6) is 0 Å². The van der Waals surface area contributed by atoms with Crippen molar-refractivity contribution in [2.45, 2.75) is 6.92 Å². The lowest BCUT2D eigenvalue weighted by Gasteiger charge is -2.00. The molecule has 0 atom stereocenters. The van der Waals surface area contributed by atoms with Gasteiger partial charge < -0.3 is 10.4 Å². The number of carboxylic acid groups (broad SMARTS) is 1. The fraction of sp³-hybridized carbons (Fsp3) is 0.0556. The number of aliphatic imine (C=N–C) groups is 1. The number of benzene rings is 2. The molecular formula is C18H14N2O3S. The summed E-state index contributed by atoms with van der Waals surface area (Å²) in [5.74, 6) is -1.31. The Bertz CT molecular complexity index is 870. The molecule has 5 nitrogen and oxygen atoms in total. The molecule has 1 fully saturated rings. The Morgan fingerprint density at radius 1 is 1.17 bits per heavy atom. The van der Waals surface area contributed by atoms with Gasteiger partial charge in [-0.25, -0.2) is 9.79 Å². The van der Waals surface area contributed by atoms with Crippen molar-refractivity contribution in [1.29, 1.82) is 0 Å². The number of amides is 1. The lowest BCUT2D eigenvalue weighted by atomic mass is 10.1. The minimum absolute atomic E-state index is 0.155. The molecule has 0 saturated carbocycles. The van der Waals surface area contributed by atoms with Gasteiger partial charge in [0.25, 0.3) is 5.91 Å². The maximum Gasteiger partial charge on any atom is 0.336 e. The number of carbonyl (C=O) groups excluding carboxylic acids is 1. The zero-order chi connectivity index (χ0) is 17.1. The van der Waals surface area contributed by atoms with Gasteiger partial charge in [-0.1, -0.05) is 35.9 Å². The molecule has 24 heavy (non-hydrogen) atoms. The van der Waals surface area contributed by atoms with Crippen molar-refractivity contribution in [1.82, 2.24) is 5.32 Å². The number of nitrogens with one attached hydrogen (secondary N) is 1. The highest BCUT2D eigenvalue weighted by atomic mass is 32.2. The van der Waals surface area contributed by atoms with Gasteiger partial charge >= 0.3 is 5.97 Å². The summed E-state index contributed by atoms with van der Waals surface area (Å²) in [5.41, 5.74) is 2.52. The number of hydrogen-bond acceptors (Lipinski definition) is 4. The summed E-state index contributed by atoms with van der Waals surface area (Å²) in [6, 6.07) is 14.2. The van der Waals surface area contributed by atoms with Crippen LogP contribution >= 0.6 is 11.8 Å². The van der Waals surface area contributed by atoms with Gasteiger partial charge in [-0.15, -0.1) is 0 Å². The fourth-order valence-electron chi connectivity index (χ4n) is 2.18. The first-order valence-corrected chi connectivity index (χ1v) is 8.03. The Labute approximate surface area is 143 Å². The highest BCUT2D eigenvalue weighted by Crippen LogP contribution is 2.28. The quantitative estimate of drug-likeness (QED) is 0.838. The molecule has 120 valence electrons. The van der Waals surface area contributed by atoms with E-state index in [1.807, 2.05) is 31.2 Å². The van der Waals surface area contributed by atoms with Crippen molar-refractivity contribution in [2.75, 3.05) is 0 Å². The SMILES string of the molecule is Cc1ccc(N=C2NC(=O)/C(=C\c3ccccc3C(=O)O)S2)cc1. The molecule has 0 aromatic heterocycles. The van der Waals surface area contributed by atoms with Crippen molar-refractivity contribution in [2.24, 2.45) is 4.99 Å². The topological polar surface area (TPSA) is 78.8 Å². The molecular weight excluding hydrogens is 324 g/mol. The number of aromatic carboxylic acids is 1. The molecule has 1 amide bonds. The molecule has 2 aromatic rings. The van der Waals surface area contributed by atoms with Crippen LogP contribution in [0.4, 0.5) is 5.69 Å². The minimum Gasteiger partial charge on any atom is -0.478 e. The number of nitrogens with zero attached hydrogens (tertiary/aromatic N) is 1. The van der Waals surface area contributed by atoms with E-state index >= 15 is 0 Å². The summed E-state index contributed by atoms with van der Waals surface area (Å²) in [4.78, 5) is 28.1. The second-order valence-electron chi connectivity index (χ2n) is 5.21. The van der Waals surface area contributed by atoms with Crippen LogP contribution in [-0.4, -0.2) is 22.2 Å². The van der Waals surface area contributed by atoms with E-state index in [4.69, 9.17) is 0 Å². The third-order valence-electron chi connectivity index (χ3n) is 3.39. The number of amidine groups is 1. The Kier molecular flexibility index (Phi) is 4.48. The molecule has 2 aromatic carbocycles. The van der Waals surface area contributed by atoms with Gasteiger partial charge in [0, 0.05) is 0 Å². The normalized spacial score (nSPS) is 17.3. The lowest BCUT2D eigenvalue weighted by molar-refractivity contribution is -0.115. The van der Waals surface area contributed by atoms with E-state index in [0.29, 0.717) is 15.6 Å². The van der Waals surface area contributed by atoms with Crippen LogP contribution in [0.25, 0.3) is 6.08 Å². The summed E-state index contributed by atoms with van der Waals surface area (Å²) < 4.78 is 0. The van der Waals surface area contributed by atoms with Crippen LogP contribution in [0.2, 0.25) is 0 Å². The number of hydrogen-bond donors (Lipinski definition) is 2. The van der Waals surface area contributed by atoms with Gasteiger partial charge in [-0.3, -0.25) is 4.79 Å². The number of rotatable bonds is 3. The monoisotopic (exact) mass is 338 g/mol. The average molecular weight is 338 g/mol. The van der Waals surface area contributed by atoms with Gasteiger partial charge in [0.15, 0.2) is 5.17 Å². The Hall–Kier alpha value is -2.86. The van der Waals surface area contributed by atoms with Crippen molar-refractivity contribution in [3.63, 3.8) is 0 Å². The summed E-state index contributed by atoms with van der Waals surface area (Å²) in [7, 11) is 0. The van der Waals surface area contributed by atoms with Crippen LogP contribution in [0.3, 0.4) is 0 Å². The first-order valence-electron chi connectivity index (χ1n) is 7.21. The zero-order valence-corrected chi connectivity index (χ0v) is 13.6. The molecule has 0 aliphatic carbocycles. The van der Waals surface area contributed by atoms with Gasteiger partial charge in [0.05, 0.1) is 16.2 Å². The third-order valence-corrected chi connectivity index (χ3v) is 4.30. The summed E-state index contributed by atoms with van der Waals surface area (Å²) in [5, 5.41) is 12.4. The molecule has 6 heteroatoms. The Morgan fingerprint density at radius 3 is 2.58 bits per heavy atom. The van der Waals surface area contributed by atoms with Gasteiger partial charge in [-0.2, -0.15) is 0 Å². The molecule has 0 bridgehead atoms. The molecule has 0 radical (unpaired) electrons. The highest BCUT2D eigenvalue weighted by Gasteiger charge is 2.24. The number of aryl methyl sites for hydroxylation is 1. The van der Waals surface area contributed by atoms with Crippen LogP contribution in [0.1, 0.15) is 21.5 Å². The maximum absolute atomic E-state index is 12.1.